The molecule has 1 aliphatic carbocycles. The number of hydrogen-bond acceptors (Lipinski definition) is 4. The van der Waals surface area contributed by atoms with Crippen molar-refractivity contribution in [1.29, 1.82) is 0 Å². The molecule has 1 N–H and O–H groups in total. The molecule has 0 spiro atoms. The van der Waals surface area contributed by atoms with Gasteiger partial charge in [-0.15, -0.1) is 0 Å². The van der Waals surface area contributed by atoms with E-state index in [-0.39, 0.29) is 12.0 Å². The topological polar surface area (TPSA) is 56.2 Å². The lowest BCUT2D eigenvalue weighted by Crippen LogP contribution is -2.43. The lowest BCUT2D eigenvalue weighted by Gasteiger charge is -2.17. The number of halogens is 1. The highest BCUT2D eigenvalue weighted by Gasteiger charge is 2.30. The van der Waals surface area contributed by atoms with Gasteiger partial charge in [0, 0.05) is 6.04 Å². The molecule has 1 aromatic rings. The van der Waals surface area contributed by atoms with Crippen LogP contribution in [0.25, 0.3) is 0 Å². The molecule has 0 bridgehead atoms. The van der Waals surface area contributed by atoms with E-state index in [1.165, 1.54) is 0 Å². The zero-order chi connectivity index (χ0) is 14.0. The summed E-state index contributed by atoms with van der Waals surface area (Å²) in [6, 6.07) is 0.0726. The summed E-state index contributed by atoms with van der Waals surface area (Å²) in [6.07, 6.45) is 2.24. The quantitative estimate of drug-likeness (QED) is 0.810. The third-order valence-corrected chi connectivity index (χ3v) is 3.78. The van der Waals surface area contributed by atoms with Gasteiger partial charge in [0.15, 0.2) is 0 Å². The SMILES string of the molecule is CCOC(=O)C(Cn1nc(C)c(Cl)c1C)NC1CC1. The van der Waals surface area contributed by atoms with Crippen molar-refractivity contribution in [2.45, 2.75) is 52.2 Å². The van der Waals surface area contributed by atoms with Crippen molar-refractivity contribution in [3.8, 4) is 0 Å². The van der Waals surface area contributed by atoms with Crippen LogP contribution in [0.5, 0.6) is 0 Å². The van der Waals surface area contributed by atoms with Crippen molar-refractivity contribution < 1.29 is 9.53 Å². The van der Waals surface area contributed by atoms with E-state index in [2.05, 4.69) is 10.4 Å². The number of hydrogen-bond donors (Lipinski definition) is 1. The van der Waals surface area contributed by atoms with Crippen LogP contribution >= 0.6 is 11.6 Å². The van der Waals surface area contributed by atoms with Gasteiger partial charge in [0.1, 0.15) is 6.04 Å². The highest BCUT2D eigenvalue weighted by atomic mass is 35.5. The number of rotatable bonds is 6. The van der Waals surface area contributed by atoms with E-state index in [1.807, 2.05) is 20.8 Å². The highest BCUT2D eigenvalue weighted by molar-refractivity contribution is 6.31. The minimum absolute atomic E-state index is 0.224. The van der Waals surface area contributed by atoms with E-state index in [4.69, 9.17) is 16.3 Å². The molecule has 1 heterocycles. The Kier molecular flexibility index (Phi) is 4.47. The van der Waals surface area contributed by atoms with Gasteiger partial charge in [-0.05, 0) is 33.6 Å². The summed E-state index contributed by atoms with van der Waals surface area (Å²) in [5, 5.41) is 8.32. The Morgan fingerprint density at radius 1 is 1.58 bits per heavy atom. The molecule has 19 heavy (non-hydrogen) atoms. The van der Waals surface area contributed by atoms with Crippen molar-refractivity contribution >= 4 is 17.6 Å². The lowest BCUT2D eigenvalue weighted by atomic mass is 10.3. The minimum Gasteiger partial charge on any atom is -0.465 e. The molecule has 1 fully saturated rings. The largest absolute Gasteiger partial charge is 0.465 e. The van der Waals surface area contributed by atoms with Crippen LogP contribution < -0.4 is 5.32 Å². The summed E-state index contributed by atoms with van der Waals surface area (Å²) >= 11 is 6.12. The monoisotopic (exact) mass is 285 g/mol. The molecule has 1 saturated carbocycles. The van der Waals surface area contributed by atoms with Gasteiger partial charge < -0.3 is 10.1 Å². The summed E-state index contributed by atoms with van der Waals surface area (Å²) in [5.74, 6) is -0.224. The van der Waals surface area contributed by atoms with E-state index >= 15 is 0 Å². The molecular weight excluding hydrogens is 266 g/mol. The Morgan fingerprint density at radius 2 is 2.26 bits per heavy atom. The second-order valence-electron chi connectivity index (χ2n) is 4.91. The zero-order valence-corrected chi connectivity index (χ0v) is 12.3. The first-order chi connectivity index (χ1) is 9.02. The normalized spacial score (nSPS) is 16.4. The van der Waals surface area contributed by atoms with Crippen molar-refractivity contribution in [1.82, 2.24) is 15.1 Å². The molecular formula is C13H20ClN3O2. The van der Waals surface area contributed by atoms with Crippen molar-refractivity contribution in [2.24, 2.45) is 0 Å². The van der Waals surface area contributed by atoms with Crippen LogP contribution in [0.3, 0.4) is 0 Å². The van der Waals surface area contributed by atoms with Crippen LogP contribution in [0.15, 0.2) is 0 Å². The second kappa shape index (κ2) is 5.92. The Balaban J connectivity index is 2.09. The average Bonchev–Trinajstić information content (AvgIpc) is 3.15. The molecule has 0 saturated heterocycles. The van der Waals surface area contributed by atoms with E-state index in [9.17, 15) is 4.79 Å². The van der Waals surface area contributed by atoms with E-state index < -0.39 is 0 Å². The van der Waals surface area contributed by atoms with Crippen LogP contribution in [0, 0.1) is 13.8 Å². The van der Waals surface area contributed by atoms with E-state index in [0.717, 1.165) is 24.2 Å². The number of nitrogens with one attached hydrogen (secondary N) is 1. The summed E-state index contributed by atoms with van der Waals surface area (Å²) in [6.45, 7) is 6.42. The number of nitrogens with zero attached hydrogens (tertiary/aromatic N) is 2. The molecule has 1 aromatic heterocycles. The molecule has 5 nitrogen and oxygen atoms in total. The Labute approximate surface area is 118 Å². The van der Waals surface area contributed by atoms with E-state index in [0.29, 0.717) is 24.2 Å². The van der Waals surface area contributed by atoms with Gasteiger partial charge in [0.05, 0.1) is 29.6 Å². The van der Waals surface area contributed by atoms with Crippen molar-refractivity contribution in [2.75, 3.05) is 6.61 Å². The van der Waals surface area contributed by atoms with Gasteiger partial charge in [0.25, 0.3) is 0 Å². The standard InChI is InChI=1S/C13H20ClN3O2/c1-4-19-13(18)11(15-10-5-6-10)7-17-9(3)12(14)8(2)16-17/h10-11,15H,4-7H2,1-3H3. The minimum atomic E-state index is -0.360. The van der Waals surface area contributed by atoms with Gasteiger partial charge in [-0.1, -0.05) is 11.6 Å². The van der Waals surface area contributed by atoms with Crippen molar-refractivity contribution in [3.63, 3.8) is 0 Å². The Bertz CT molecular complexity index is 469. The first kappa shape index (κ1) is 14.3. The molecule has 0 radical (unpaired) electrons. The third kappa shape index (κ3) is 3.48. The van der Waals surface area contributed by atoms with E-state index in [1.54, 1.807) is 4.68 Å². The molecule has 106 valence electrons. The summed E-state index contributed by atoms with van der Waals surface area (Å²) in [7, 11) is 0. The molecule has 0 aliphatic heterocycles. The number of aryl methyl sites for hydroxylation is 1. The smallest absolute Gasteiger partial charge is 0.325 e. The van der Waals surface area contributed by atoms with Crippen LogP contribution in [-0.2, 0) is 16.1 Å². The number of ether oxygens (including phenoxy) is 1. The summed E-state index contributed by atoms with van der Waals surface area (Å²) in [4.78, 5) is 12.0. The average molecular weight is 286 g/mol. The van der Waals surface area contributed by atoms with Gasteiger partial charge in [0.2, 0.25) is 0 Å². The lowest BCUT2D eigenvalue weighted by molar-refractivity contribution is -0.146. The van der Waals surface area contributed by atoms with Crippen LogP contribution in [0.4, 0.5) is 0 Å². The number of aromatic nitrogens is 2. The fourth-order valence-corrected chi connectivity index (χ4v) is 2.13. The summed E-state index contributed by atoms with van der Waals surface area (Å²) < 4.78 is 6.88. The second-order valence-corrected chi connectivity index (χ2v) is 5.29. The first-order valence-electron chi connectivity index (χ1n) is 6.65. The molecule has 0 aromatic carbocycles. The maximum atomic E-state index is 12.0. The van der Waals surface area contributed by atoms with Crippen molar-refractivity contribution in [3.05, 3.63) is 16.4 Å². The number of carbonyl (C=O) groups is 1. The van der Waals surface area contributed by atoms with Gasteiger partial charge >= 0.3 is 5.97 Å². The molecule has 6 heteroatoms. The van der Waals surface area contributed by atoms with Gasteiger partial charge in [-0.25, -0.2) is 0 Å². The van der Waals surface area contributed by atoms with Crippen LogP contribution in [0.2, 0.25) is 5.02 Å². The van der Waals surface area contributed by atoms with Gasteiger partial charge in [-0.2, -0.15) is 5.10 Å². The fourth-order valence-electron chi connectivity index (χ4n) is 2.00. The molecule has 2 rings (SSSR count). The Hall–Kier alpha value is -1.07. The fraction of sp³-hybridized carbons (Fsp3) is 0.692. The zero-order valence-electron chi connectivity index (χ0n) is 11.6. The maximum absolute atomic E-state index is 12.0. The molecule has 1 aliphatic rings. The predicted octanol–water partition coefficient (Wildman–Crippen LogP) is 1.84. The number of esters is 1. The Morgan fingerprint density at radius 3 is 2.74 bits per heavy atom. The third-order valence-electron chi connectivity index (χ3n) is 3.23. The first-order valence-corrected chi connectivity index (χ1v) is 7.03. The van der Waals surface area contributed by atoms with Gasteiger partial charge in [-0.3, -0.25) is 9.48 Å². The molecule has 1 atom stereocenters. The summed E-state index contributed by atoms with van der Waals surface area (Å²) in [5.41, 5.74) is 1.67. The van der Waals surface area contributed by atoms with Crippen LogP contribution in [-0.4, -0.2) is 34.4 Å². The highest BCUT2D eigenvalue weighted by Crippen LogP contribution is 2.22. The number of carbonyl (C=O) groups excluding carboxylic acids is 1. The maximum Gasteiger partial charge on any atom is 0.325 e. The van der Waals surface area contributed by atoms with Crippen LogP contribution in [0.1, 0.15) is 31.2 Å². The predicted molar refractivity (Wildman–Crippen MR) is 73.3 cm³/mol. The molecule has 0 amide bonds. The molecule has 1 unspecified atom stereocenters.